The molecule has 0 amide bonds. The van der Waals surface area contributed by atoms with Gasteiger partial charge in [0.1, 0.15) is 0 Å². The molecule has 5 heteroatoms. The van der Waals surface area contributed by atoms with Gasteiger partial charge in [-0.15, -0.1) is 0 Å². The van der Waals surface area contributed by atoms with E-state index >= 15 is 0 Å². The van der Waals surface area contributed by atoms with Crippen molar-refractivity contribution in [3.05, 3.63) is 29.8 Å². The molecule has 0 radical (unpaired) electrons. The molecule has 1 aromatic carbocycles. The summed E-state index contributed by atoms with van der Waals surface area (Å²) in [5, 5.41) is 0. The van der Waals surface area contributed by atoms with Crippen molar-refractivity contribution in [2.45, 2.75) is 17.9 Å². The second-order valence-electron chi connectivity index (χ2n) is 3.65. The molecule has 0 bridgehead atoms. The fourth-order valence-corrected chi connectivity index (χ4v) is 2.06. The molecule has 0 unspecified atom stereocenters. The maximum absolute atomic E-state index is 11.7. The Morgan fingerprint density at radius 1 is 1.20 bits per heavy atom. The molecule has 0 saturated carbocycles. The molecule has 1 aromatic rings. The molecule has 0 aromatic heterocycles. The minimum absolute atomic E-state index is 0.0823. The largest absolute Gasteiger partial charge is 0.324 e. The second-order valence-corrected chi connectivity index (χ2v) is 5.80. The molecule has 1 rings (SSSR count). The molecule has 0 aliphatic heterocycles. The van der Waals surface area contributed by atoms with Crippen LogP contribution in [0.3, 0.4) is 0 Å². The van der Waals surface area contributed by atoms with Crippen LogP contribution in [0.15, 0.2) is 29.2 Å². The van der Waals surface area contributed by atoms with Gasteiger partial charge in [0.2, 0.25) is 10.0 Å². The minimum Gasteiger partial charge on any atom is -0.324 e. The number of benzene rings is 1. The van der Waals surface area contributed by atoms with Crippen LogP contribution in [0.25, 0.3) is 0 Å². The van der Waals surface area contributed by atoms with E-state index in [9.17, 15) is 8.42 Å². The average molecular weight is 228 g/mol. The average Bonchev–Trinajstić information content (AvgIpc) is 2.17. The SMILES string of the molecule is C[C@H](N)c1ccc(S(=O)(=O)N(C)C)cc1. The zero-order valence-electron chi connectivity index (χ0n) is 9.14. The van der Waals surface area contributed by atoms with E-state index in [2.05, 4.69) is 0 Å². The molecule has 4 nitrogen and oxygen atoms in total. The normalized spacial score (nSPS) is 14.2. The van der Waals surface area contributed by atoms with Crippen molar-refractivity contribution in [2.75, 3.05) is 14.1 Å². The first kappa shape index (κ1) is 12.2. The van der Waals surface area contributed by atoms with E-state index in [-0.39, 0.29) is 10.9 Å². The summed E-state index contributed by atoms with van der Waals surface area (Å²) >= 11 is 0. The highest BCUT2D eigenvalue weighted by atomic mass is 32.2. The summed E-state index contributed by atoms with van der Waals surface area (Å²) in [6, 6.07) is 6.55. The minimum atomic E-state index is -3.33. The second kappa shape index (κ2) is 4.30. The maximum atomic E-state index is 11.7. The van der Waals surface area contributed by atoms with Gasteiger partial charge in [-0.3, -0.25) is 0 Å². The van der Waals surface area contributed by atoms with E-state index < -0.39 is 10.0 Å². The van der Waals surface area contributed by atoms with Crippen molar-refractivity contribution < 1.29 is 8.42 Å². The van der Waals surface area contributed by atoms with E-state index in [4.69, 9.17) is 5.73 Å². The lowest BCUT2D eigenvalue weighted by Gasteiger charge is -2.12. The fraction of sp³-hybridized carbons (Fsp3) is 0.400. The molecular formula is C10H16N2O2S. The van der Waals surface area contributed by atoms with Gasteiger partial charge in [0, 0.05) is 20.1 Å². The lowest BCUT2D eigenvalue weighted by molar-refractivity contribution is 0.520. The zero-order valence-corrected chi connectivity index (χ0v) is 9.95. The fourth-order valence-electron chi connectivity index (χ4n) is 1.15. The number of nitrogens with two attached hydrogens (primary N) is 1. The van der Waals surface area contributed by atoms with Crippen LogP contribution in [0.1, 0.15) is 18.5 Å². The number of nitrogens with zero attached hydrogens (tertiary/aromatic N) is 1. The van der Waals surface area contributed by atoms with Gasteiger partial charge < -0.3 is 5.73 Å². The predicted octanol–water partition coefficient (Wildman–Crippen LogP) is 0.957. The third-order valence-electron chi connectivity index (χ3n) is 2.18. The summed E-state index contributed by atoms with van der Waals surface area (Å²) in [7, 11) is -0.309. The number of hydrogen-bond donors (Lipinski definition) is 1. The van der Waals surface area contributed by atoms with Gasteiger partial charge in [-0.25, -0.2) is 12.7 Å². The number of sulfonamides is 1. The van der Waals surface area contributed by atoms with Gasteiger partial charge in [0.25, 0.3) is 0 Å². The third-order valence-corrected chi connectivity index (χ3v) is 4.01. The van der Waals surface area contributed by atoms with Gasteiger partial charge in [-0.05, 0) is 24.6 Å². The highest BCUT2D eigenvalue weighted by Crippen LogP contribution is 2.16. The smallest absolute Gasteiger partial charge is 0.242 e. The summed E-state index contributed by atoms with van der Waals surface area (Å²) in [6.07, 6.45) is 0. The van der Waals surface area contributed by atoms with Crippen LogP contribution in [-0.4, -0.2) is 26.8 Å². The monoisotopic (exact) mass is 228 g/mol. The van der Waals surface area contributed by atoms with Crippen LogP contribution in [0.2, 0.25) is 0 Å². The summed E-state index contributed by atoms with van der Waals surface area (Å²) in [5.74, 6) is 0. The van der Waals surface area contributed by atoms with E-state index in [0.29, 0.717) is 0 Å². The standard InChI is InChI=1S/C10H16N2O2S/c1-8(11)9-4-6-10(7-5-9)15(13,14)12(2)3/h4-8H,11H2,1-3H3/t8-/m0/s1. The maximum Gasteiger partial charge on any atom is 0.242 e. The van der Waals surface area contributed by atoms with Crippen LogP contribution >= 0.6 is 0 Å². The molecule has 15 heavy (non-hydrogen) atoms. The highest BCUT2D eigenvalue weighted by molar-refractivity contribution is 7.89. The number of hydrogen-bond acceptors (Lipinski definition) is 3. The quantitative estimate of drug-likeness (QED) is 0.838. The molecule has 0 saturated heterocycles. The Hall–Kier alpha value is -0.910. The van der Waals surface area contributed by atoms with E-state index in [1.165, 1.54) is 18.4 Å². The Bertz CT molecular complexity index is 421. The lowest BCUT2D eigenvalue weighted by Crippen LogP contribution is -2.22. The van der Waals surface area contributed by atoms with Gasteiger partial charge in [0.05, 0.1) is 4.90 Å². The summed E-state index contributed by atoms with van der Waals surface area (Å²) in [5.41, 5.74) is 6.60. The Kier molecular flexibility index (Phi) is 3.49. The van der Waals surface area contributed by atoms with Crippen LogP contribution in [0.5, 0.6) is 0 Å². The lowest BCUT2D eigenvalue weighted by atomic mass is 10.1. The predicted molar refractivity (Wildman–Crippen MR) is 59.9 cm³/mol. The van der Waals surface area contributed by atoms with E-state index in [0.717, 1.165) is 5.56 Å². The van der Waals surface area contributed by atoms with Crippen LogP contribution in [0.4, 0.5) is 0 Å². The van der Waals surface area contributed by atoms with Crippen molar-refractivity contribution in [2.24, 2.45) is 5.73 Å². The van der Waals surface area contributed by atoms with E-state index in [1.54, 1.807) is 24.3 Å². The zero-order chi connectivity index (χ0) is 11.6. The summed E-state index contributed by atoms with van der Waals surface area (Å²) in [6.45, 7) is 1.86. The first-order chi connectivity index (χ1) is 6.85. The summed E-state index contributed by atoms with van der Waals surface area (Å²) < 4.78 is 24.6. The van der Waals surface area contributed by atoms with Crippen LogP contribution in [0, 0.1) is 0 Å². The van der Waals surface area contributed by atoms with E-state index in [1.807, 2.05) is 6.92 Å². The van der Waals surface area contributed by atoms with Crippen molar-refractivity contribution in [1.82, 2.24) is 4.31 Å². The first-order valence-corrected chi connectivity index (χ1v) is 6.08. The van der Waals surface area contributed by atoms with Gasteiger partial charge >= 0.3 is 0 Å². The molecule has 0 spiro atoms. The van der Waals surface area contributed by atoms with Gasteiger partial charge in [0.15, 0.2) is 0 Å². The molecule has 2 N–H and O–H groups in total. The Morgan fingerprint density at radius 2 is 1.67 bits per heavy atom. The molecule has 0 fully saturated rings. The molecule has 0 heterocycles. The molecule has 0 aliphatic carbocycles. The molecule has 0 aliphatic rings. The third kappa shape index (κ3) is 2.56. The van der Waals surface area contributed by atoms with Crippen molar-refractivity contribution in [1.29, 1.82) is 0 Å². The van der Waals surface area contributed by atoms with Crippen molar-refractivity contribution in [3.63, 3.8) is 0 Å². The topological polar surface area (TPSA) is 63.4 Å². The summed E-state index contributed by atoms with van der Waals surface area (Å²) in [4.78, 5) is 0.289. The number of rotatable bonds is 3. The van der Waals surface area contributed by atoms with Crippen molar-refractivity contribution >= 4 is 10.0 Å². The molecule has 1 atom stereocenters. The van der Waals surface area contributed by atoms with Crippen LogP contribution in [-0.2, 0) is 10.0 Å². The van der Waals surface area contributed by atoms with Gasteiger partial charge in [-0.2, -0.15) is 0 Å². The van der Waals surface area contributed by atoms with Gasteiger partial charge in [-0.1, -0.05) is 12.1 Å². The Balaban J connectivity index is 3.10. The van der Waals surface area contributed by atoms with Crippen molar-refractivity contribution in [3.8, 4) is 0 Å². The first-order valence-electron chi connectivity index (χ1n) is 4.64. The Morgan fingerprint density at radius 3 is 2.00 bits per heavy atom. The van der Waals surface area contributed by atoms with Crippen LogP contribution < -0.4 is 5.73 Å². The molecular weight excluding hydrogens is 212 g/mol. The highest BCUT2D eigenvalue weighted by Gasteiger charge is 2.16. The Labute approximate surface area is 90.8 Å². The molecule has 84 valence electrons.